The summed E-state index contributed by atoms with van der Waals surface area (Å²) in [5.74, 6) is 1.43. The fourth-order valence-electron chi connectivity index (χ4n) is 2.33. The first-order valence-electron chi connectivity index (χ1n) is 8.41. The van der Waals surface area contributed by atoms with Crippen molar-refractivity contribution in [3.63, 3.8) is 0 Å². The summed E-state index contributed by atoms with van der Waals surface area (Å²) in [5.41, 5.74) is 2.20. The van der Waals surface area contributed by atoms with Crippen LogP contribution in [0.3, 0.4) is 0 Å². The van der Waals surface area contributed by atoms with Gasteiger partial charge in [-0.15, -0.1) is 0 Å². The molecule has 2 N–H and O–H groups in total. The van der Waals surface area contributed by atoms with Gasteiger partial charge in [-0.1, -0.05) is 36.4 Å². The van der Waals surface area contributed by atoms with Gasteiger partial charge in [0.05, 0.1) is 19.2 Å². The van der Waals surface area contributed by atoms with Gasteiger partial charge in [-0.3, -0.25) is 0 Å². The van der Waals surface area contributed by atoms with E-state index in [1.807, 2.05) is 37.3 Å². The van der Waals surface area contributed by atoms with Crippen molar-refractivity contribution >= 4 is 5.96 Å². The molecule has 0 bridgehead atoms. The maximum absolute atomic E-state index is 5.56. The predicted molar refractivity (Wildman–Crippen MR) is 98.2 cm³/mol. The highest BCUT2D eigenvalue weighted by Crippen LogP contribution is 2.15. The summed E-state index contributed by atoms with van der Waals surface area (Å²) in [7, 11) is 0. The molecule has 0 radical (unpaired) electrons. The Morgan fingerprint density at radius 2 is 1.96 bits per heavy atom. The SMILES string of the molecule is CCNC(=NCc1cccnc1OCC)NC(C)c1ccccc1. The molecule has 2 rings (SSSR count). The molecule has 1 aromatic carbocycles. The molecule has 1 heterocycles. The summed E-state index contributed by atoms with van der Waals surface area (Å²) in [6, 6.07) is 14.4. The molecular weight excluding hydrogens is 300 g/mol. The third-order valence-electron chi connectivity index (χ3n) is 3.54. The van der Waals surface area contributed by atoms with E-state index >= 15 is 0 Å². The predicted octanol–water partition coefficient (Wildman–Crippen LogP) is 3.30. The largest absolute Gasteiger partial charge is 0.478 e. The Labute approximate surface area is 144 Å². The van der Waals surface area contributed by atoms with Crippen LogP contribution < -0.4 is 15.4 Å². The molecule has 1 aromatic heterocycles. The number of pyridine rings is 1. The number of guanidine groups is 1. The van der Waals surface area contributed by atoms with Crippen molar-refractivity contribution in [3.8, 4) is 5.88 Å². The van der Waals surface area contributed by atoms with E-state index in [-0.39, 0.29) is 6.04 Å². The Bertz CT molecular complexity index is 643. The van der Waals surface area contributed by atoms with Gasteiger partial charge in [0.15, 0.2) is 5.96 Å². The second-order valence-corrected chi connectivity index (χ2v) is 5.37. The normalized spacial score (nSPS) is 12.5. The summed E-state index contributed by atoms with van der Waals surface area (Å²) in [5, 5.41) is 6.72. The molecule has 0 fully saturated rings. The summed E-state index contributed by atoms with van der Waals surface area (Å²) in [6.07, 6.45) is 1.74. The van der Waals surface area contributed by atoms with Crippen LogP contribution in [0.1, 0.15) is 37.9 Å². The van der Waals surface area contributed by atoms with E-state index < -0.39 is 0 Å². The van der Waals surface area contributed by atoms with E-state index in [1.54, 1.807) is 6.20 Å². The van der Waals surface area contributed by atoms with Crippen LogP contribution in [-0.2, 0) is 6.54 Å². The second kappa shape index (κ2) is 9.55. The quantitative estimate of drug-likeness (QED) is 0.605. The third kappa shape index (κ3) is 5.26. The lowest BCUT2D eigenvalue weighted by molar-refractivity contribution is 0.323. The van der Waals surface area contributed by atoms with Gasteiger partial charge in [0.25, 0.3) is 0 Å². The van der Waals surface area contributed by atoms with E-state index in [2.05, 4.69) is 46.6 Å². The van der Waals surface area contributed by atoms with Gasteiger partial charge < -0.3 is 15.4 Å². The third-order valence-corrected chi connectivity index (χ3v) is 3.54. The first kappa shape index (κ1) is 17.8. The highest BCUT2D eigenvalue weighted by atomic mass is 16.5. The van der Waals surface area contributed by atoms with Crippen molar-refractivity contribution in [3.05, 3.63) is 59.8 Å². The number of aromatic nitrogens is 1. The van der Waals surface area contributed by atoms with Gasteiger partial charge in [-0.25, -0.2) is 9.98 Å². The molecular formula is C19H26N4O. The second-order valence-electron chi connectivity index (χ2n) is 5.37. The van der Waals surface area contributed by atoms with Crippen LogP contribution in [0.5, 0.6) is 5.88 Å². The Hall–Kier alpha value is -2.56. The van der Waals surface area contributed by atoms with E-state index in [4.69, 9.17) is 4.74 Å². The molecule has 128 valence electrons. The van der Waals surface area contributed by atoms with E-state index in [1.165, 1.54) is 5.56 Å². The zero-order valence-electron chi connectivity index (χ0n) is 14.6. The molecule has 1 atom stereocenters. The van der Waals surface area contributed by atoms with Crippen LogP contribution in [0, 0.1) is 0 Å². The summed E-state index contributed by atoms with van der Waals surface area (Å²) in [4.78, 5) is 8.94. The summed E-state index contributed by atoms with van der Waals surface area (Å²) >= 11 is 0. The number of hydrogen-bond donors (Lipinski definition) is 2. The van der Waals surface area contributed by atoms with Crippen LogP contribution in [0.2, 0.25) is 0 Å². The summed E-state index contributed by atoms with van der Waals surface area (Å²) in [6.45, 7) is 8.04. The van der Waals surface area contributed by atoms with Crippen molar-refractivity contribution in [1.29, 1.82) is 0 Å². The van der Waals surface area contributed by atoms with Gasteiger partial charge in [0.2, 0.25) is 5.88 Å². The number of nitrogens with one attached hydrogen (secondary N) is 2. The molecule has 0 amide bonds. The fraction of sp³-hybridized carbons (Fsp3) is 0.368. The number of ether oxygens (including phenoxy) is 1. The van der Waals surface area contributed by atoms with E-state index in [9.17, 15) is 0 Å². The first-order chi connectivity index (χ1) is 11.7. The maximum atomic E-state index is 5.56. The van der Waals surface area contributed by atoms with Crippen molar-refractivity contribution in [2.45, 2.75) is 33.4 Å². The molecule has 0 saturated carbocycles. The minimum Gasteiger partial charge on any atom is -0.478 e. The first-order valence-corrected chi connectivity index (χ1v) is 8.41. The summed E-state index contributed by atoms with van der Waals surface area (Å²) < 4.78 is 5.56. The number of aliphatic imine (C=N–C) groups is 1. The van der Waals surface area contributed by atoms with Crippen LogP contribution in [0.25, 0.3) is 0 Å². The Balaban J connectivity index is 2.08. The van der Waals surface area contributed by atoms with Crippen LogP contribution in [-0.4, -0.2) is 24.1 Å². The highest BCUT2D eigenvalue weighted by molar-refractivity contribution is 5.80. The van der Waals surface area contributed by atoms with Crippen LogP contribution >= 0.6 is 0 Å². The fourth-order valence-corrected chi connectivity index (χ4v) is 2.33. The minimum atomic E-state index is 0.171. The standard InChI is InChI=1S/C19H26N4O/c1-4-20-19(23-15(3)16-10-7-6-8-11-16)22-14-17-12-9-13-21-18(17)24-5-2/h6-13,15H,4-5,14H2,1-3H3,(H2,20,22,23). The van der Waals surface area contributed by atoms with E-state index in [0.717, 1.165) is 18.1 Å². The van der Waals surface area contributed by atoms with Crippen molar-refractivity contribution in [2.75, 3.05) is 13.2 Å². The number of rotatable bonds is 7. The molecule has 0 aliphatic carbocycles. The maximum Gasteiger partial charge on any atom is 0.218 e. The average molecular weight is 326 g/mol. The smallest absolute Gasteiger partial charge is 0.218 e. The molecule has 0 aliphatic heterocycles. The van der Waals surface area contributed by atoms with Crippen LogP contribution in [0.4, 0.5) is 0 Å². The molecule has 5 nitrogen and oxygen atoms in total. The van der Waals surface area contributed by atoms with Gasteiger partial charge in [-0.05, 0) is 32.4 Å². The lowest BCUT2D eigenvalue weighted by atomic mass is 10.1. The molecule has 5 heteroatoms. The highest BCUT2D eigenvalue weighted by Gasteiger charge is 2.08. The molecule has 1 unspecified atom stereocenters. The number of nitrogens with zero attached hydrogens (tertiary/aromatic N) is 2. The number of benzene rings is 1. The Morgan fingerprint density at radius 1 is 1.17 bits per heavy atom. The molecule has 24 heavy (non-hydrogen) atoms. The Kier molecular flexibility index (Phi) is 7.08. The van der Waals surface area contributed by atoms with Crippen molar-refractivity contribution in [2.24, 2.45) is 4.99 Å². The van der Waals surface area contributed by atoms with Gasteiger partial charge in [0, 0.05) is 18.3 Å². The lowest BCUT2D eigenvalue weighted by Crippen LogP contribution is -2.38. The number of hydrogen-bond acceptors (Lipinski definition) is 3. The molecule has 0 saturated heterocycles. The zero-order valence-corrected chi connectivity index (χ0v) is 14.6. The molecule has 2 aromatic rings. The van der Waals surface area contributed by atoms with Crippen molar-refractivity contribution in [1.82, 2.24) is 15.6 Å². The monoisotopic (exact) mass is 326 g/mol. The lowest BCUT2D eigenvalue weighted by Gasteiger charge is -2.18. The van der Waals surface area contributed by atoms with Crippen LogP contribution in [0.15, 0.2) is 53.7 Å². The molecule has 0 spiro atoms. The topological polar surface area (TPSA) is 58.5 Å². The van der Waals surface area contributed by atoms with E-state index in [0.29, 0.717) is 19.0 Å². The van der Waals surface area contributed by atoms with Gasteiger partial charge in [-0.2, -0.15) is 0 Å². The molecule has 0 aliphatic rings. The Morgan fingerprint density at radius 3 is 2.67 bits per heavy atom. The minimum absolute atomic E-state index is 0.171. The van der Waals surface area contributed by atoms with Gasteiger partial charge >= 0.3 is 0 Å². The average Bonchev–Trinajstić information content (AvgIpc) is 2.62. The van der Waals surface area contributed by atoms with Gasteiger partial charge in [0.1, 0.15) is 0 Å². The van der Waals surface area contributed by atoms with Crippen molar-refractivity contribution < 1.29 is 4.74 Å². The zero-order chi connectivity index (χ0) is 17.2.